The molecular formula is C13H17BrO3. The Labute approximate surface area is 110 Å². The van der Waals surface area contributed by atoms with E-state index in [0.717, 1.165) is 10.0 Å². The van der Waals surface area contributed by atoms with E-state index in [1.807, 2.05) is 45.0 Å². The van der Waals surface area contributed by atoms with Crippen molar-refractivity contribution >= 4 is 21.9 Å². The van der Waals surface area contributed by atoms with E-state index < -0.39 is 5.60 Å². The maximum absolute atomic E-state index is 11.3. The summed E-state index contributed by atoms with van der Waals surface area (Å²) in [5.41, 5.74) is 0.565. The molecule has 17 heavy (non-hydrogen) atoms. The molecule has 1 aromatic carbocycles. The second-order valence-corrected chi connectivity index (χ2v) is 5.62. The van der Waals surface area contributed by atoms with Crippen molar-refractivity contribution in [2.45, 2.75) is 33.0 Å². The zero-order valence-corrected chi connectivity index (χ0v) is 11.9. The maximum Gasteiger partial charge on any atom is 0.332 e. The molecule has 0 radical (unpaired) electrons. The van der Waals surface area contributed by atoms with Gasteiger partial charge in [0.15, 0.2) is 0 Å². The minimum atomic E-state index is -0.460. The van der Waals surface area contributed by atoms with Gasteiger partial charge < -0.3 is 9.47 Å². The molecule has 94 valence electrons. The molecule has 0 amide bonds. The number of benzene rings is 1. The molecule has 3 nitrogen and oxygen atoms in total. The van der Waals surface area contributed by atoms with Crippen molar-refractivity contribution in [3.8, 4) is 0 Å². The molecule has 0 aliphatic carbocycles. The summed E-state index contributed by atoms with van der Waals surface area (Å²) in [5.74, 6) is -0.338. The van der Waals surface area contributed by atoms with Crippen LogP contribution in [0.1, 0.15) is 26.3 Å². The fraction of sp³-hybridized carbons (Fsp3) is 0.462. The van der Waals surface area contributed by atoms with Crippen LogP contribution < -0.4 is 0 Å². The Balaban J connectivity index is 2.28. The molecule has 0 aliphatic rings. The van der Waals surface area contributed by atoms with Gasteiger partial charge in [0.1, 0.15) is 12.2 Å². The summed E-state index contributed by atoms with van der Waals surface area (Å²) in [4.78, 5) is 11.3. The van der Waals surface area contributed by atoms with E-state index in [0.29, 0.717) is 6.61 Å². The van der Waals surface area contributed by atoms with Crippen molar-refractivity contribution in [1.29, 1.82) is 0 Å². The van der Waals surface area contributed by atoms with Crippen LogP contribution in [0.5, 0.6) is 0 Å². The van der Waals surface area contributed by atoms with E-state index in [9.17, 15) is 4.79 Å². The summed E-state index contributed by atoms with van der Waals surface area (Å²) >= 11 is 3.35. The predicted molar refractivity (Wildman–Crippen MR) is 69.6 cm³/mol. The average Bonchev–Trinajstić information content (AvgIpc) is 2.18. The summed E-state index contributed by atoms with van der Waals surface area (Å²) in [6.45, 7) is 5.89. The van der Waals surface area contributed by atoms with Crippen LogP contribution >= 0.6 is 15.9 Å². The summed E-state index contributed by atoms with van der Waals surface area (Å²) in [7, 11) is 0. The molecular weight excluding hydrogens is 284 g/mol. The first-order valence-electron chi connectivity index (χ1n) is 5.41. The minimum Gasteiger partial charge on any atom is -0.458 e. The Hall–Kier alpha value is -0.870. The molecule has 0 atom stereocenters. The third-order valence-corrected chi connectivity index (χ3v) is 2.35. The first kappa shape index (κ1) is 14.2. The van der Waals surface area contributed by atoms with Crippen molar-refractivity contribution < 1.29 is 14.3 Å². The molecule has 4 heteroatoms. The van der Waals surface area contributed by atoms with E-state index in [1.54, 1.807) is 0 Å². The van der Waals surface area contributed by atoms with Crippen molar-refractivity contribution in [3.63, 3.8) is 0 Å². The van der Waals surface area contributed by atoms with E-state index >= 15 is 0 Å². The highest BCUT2D eigenvalue weighted by Gasteiger charge is 2.15. The van der Waals surface area contributed by atoms with E-state index in [4.69, 9.17) is 9.47 Å². The Kier molecular flexibility index (Phi) is 5.15. The number of esters is 1. The molecule has 1 aromatic rings. The van der Waals surface area contributed by atoms with Crippen LogP contribution in [0.25, 0.3) is 0 Å². The van der Waals surface area contributed by atoms with Gasteiger partial charge in [-0.1, -0.05) is 28.1 Å². The van der Waals surface area contributed by atoms with Crippen LogP contribution in [0.3, 0.4) is 0 Å². The molecule has 0 unspecified atom stereocenters. The van der Waals surface area contributed by atoms with Crippen molar-refractivity contribution in [2.75, 3.05) is 6.61 Å². The molecule has 0 saturated carbocycles. The van der Waals surface area contributed by atoms with Gasteiger partial charge in [-0.2, -0.15) is 0 Å². The van der Waals surface area contributed by atoms with Crippen LogP contribution in [-0.2, 0) is 20.9 Å². The number of carbonyl (C=O) groups is 1. The molecule has 0 bridgehead atoms. The summed E-state index contributed by atoms with van der Waals surface area (Å²) in [5, 5.41) is 0. The van der Waals surface area contributed by atoms with Crippen LogP contribution in [0.2, 0.25) is 0 Å². The van der Waals surface area contributed by atoms with Gasteiger partial charge >= 0.3 is 5.97 Å². The topological polar surface area (TPSA) is 35.5 Å². The summed E-state index contributed by atoms with van der Waals surface area (Å²) in [6.07, 6.45) is 0. The molecule has 0 saturated heterocycles. The third kappa shape index (κ3) is 6.44. The lowest BCUT2D eigenvalue weighted by Crippen LogP contribution is -2.26. The van der Waals surface area contributed by atoms with Gasteiger partial charge in [-0.3, -0.25) is 0 Å². The lowest BCUT2D eigenvalue weighted by atomic mass is 10.2. The highest BCUT2D eigenvalue weighted by atomic mass is 79.9. The Morgan fingerprint density at radius 2 is 1.82 bits per heavy atom. The Morgan fingerprint density at radius 1 is 1.24 bits per heavy atom. The van der Waals surface area contributed by atoms with E-state index in [1.165, 1.54) is 0 Å². The third-order valence-electron chi connectivity index (χ3n) is 1.82. The Bertz CT molecular complexity index is 365. The van der Waals surface area contributed by atoms with Crippen LogP contribution in [0, 0.1) is 0 Å². The van der Waals surface area contributed by atoms with Gasteiger partial charge in [0.25, 0.3) is 0 Å². The number of carbonyl (C=O) groups excluding carboxylic acids is 1. The highest BCUT2D eigenvalue weighted by Crippen LogP contribution is 2.11. The van der Waals surface area contributed by atoms with Crippen molar-refractivity contribution in [2.24, 2.45) is 0 Å². The Morgan fingerprint density at radius 3 is 2.35 bits per heavy atom. The molecule has 0 fully saturated rings. The van der Waals surface area contributed by atoms with Gasteiger partial charge in [0.05, 0.1) is 6.61 Å². The monoisotopic (exact) mass is 300 g/mol. The number of ether oxygens (including phenoxy) is 2. The van der Waals surface area contributed by atoms with Gasteiger partial charge in [-0.15, -0.1) is 0 Å². The fourth-order valence-corrected chi connectivity index (χ4v) is 1.47. The van der Waals surface area contributed by atoms with Gasteiger partial charge in [0.2, 0.25) is 0 Å². The highest BCUT2D eigenvalue weighted by molar-refractivity contribution is 9.10. The first-order valence-corrected chi connectivity index (χ1v) is 6.20. The van der Waals surface area contributed by atoms with Gasteiger partial charge in [-0.25, -0.2) is 4.79 Å². The van der Waals surface area contributed by atoms with Gasteiger partial charge in [-0.05, 0) is 38.5 Å². The quantitative estimate of drug-likeness (QED) is 0.800. The molecule has 1 rings (SSSR count). The summed E-state index contributed by atoms with van der Waals surface area (Å²) in [6, 6.07) is 7.76. The molecule has 0 aliphatic heterocycles. The summed E-state index contributed by atoms with van der Waals surface area (Å²) < 4.78 is 11.4. The van der Waals surface area contributed by atoms with Crippen LogP contribution in [-0.4, -0.2) is 18.2 Å². The maximum atomic E-state index is 11.3. The standard InChI is InChI=1S/C13H17BrO3/c1-13(2,3)17-12(15)9-16-8-10-4-6-11(14)7-5-10/h4-7H,8-9H2,1-3H3. The first-order chi connectivity index (χ1) is 7.87. The normalized spacial score (nSPS) is 11.3. The minimum absolute atomic E-state index is 0.0205. The molecule has 0 heterocycles. The predicted octanol–water partition coefficient (Wildman–Crippen LogP) is 3.31. The zero-order chi connectivity index (χ0) is 12.9. The second-order valence-electron chi connectivity index (χ2n) is 4.71. The number of hydrogen-bond acceptors (Lipinski definition) is 3. The zero-order valence-electron chi connectivity index (χ0n) is 10.3. The smallest absolute Gasteiger partial charge is 0.332 e. The molecule has 0 aromatic heterocycles. The lowest BCUT2D eigenvalue weighted by molar-refractivity contribution is -0.160. The number of hydrogen-bond donors (Lipinski definition) is 0. The van der Waals surface area contributed by atoms with Crippen LogP contribution in [0.4, 0.5) is 0 Å². The van der Waals surface area contributed by atoms with Crippen molar-refractivity contribution in [1.82, 2.24) is 0 Å². The van der Waals surface area contributed by atoms with E-state index in [-0.39, 0.29) is 12.6 Å². The average molecular weight is 301 g/mol. The SMILES string of the molecule is CC(C)(C)OC(=O)COCc1ccc(Br)cc1. The number of halogens is 1. The number of rotatable bonds is 4. The largest absolute Gasteiger partial charge is 0.458 e. The fourth-order valence-electron chi connectivity index (χ4n) is 1.20. The molecule has 0 N–H and O–H groups in total. The van der Waals surface area contributed by atoms with E-state index in [2.05, 4.69) is 15.9 Å². The van der Waals surface area contributed by atoms with Crippen LogP contribution in [0.15, 0.2) is 28.7 Å². The second kappa shape index (κ2) is 6.17. The van der Waals surface area contributed by atoms with Crippen molar-refractivity contribution in [3.05, 3.63) is 34.3 Å². The van der Waals surface area contributed by atoms with Gasteiger partial charge in [0, 0.05) is 4.47 Å². The molecule has 0 spiro atoms. The lowest BCUT2D eigenvalue weighted by Gasteiger charge is -2.19.